The number of amides is 1. The normalized spacial score (nSPS) is 30.3. The van der Waals surface area contributed by atoms with Gasteiger partial charge in [-0.2, -0.15) is 0 Å². The molecule has 2 rings (SSSR count). The van der Waals surface area contributed by atoms with Crippen LogP contribution in [0.4, 0.5) is 0 Å². The van der Waals surface area contributed by atoms with Crippen molar-refractivity contribution in [2.24, 2.45) is 5.92 Å². The van der Waals surface area contributed by atoms with Gasteiger partial charge in [-0.15, -0.1) is 0 Å². The summed E-state index contributed by atoms with van der Waals surface area (Å²) in [6, 6.07) is 0. The number of hydrogen-bond donors (Lipinski definition) is 1. The summed E-state index contributed by atoms with van der Waals surface area (Å²) in [7, 11) is 0. The highest BCUT2D eigenvalue weighted by Crippen LogP contribution is 2.32. The lowest BCUT2D eigenvalue weighted by atomic mass is 9.79. The quantitative estimate of drug-likeness (QED) is 0.802. The zero-order valence-corrected chi connectivity index (χ0v) is 15.3. The number of carbonyl (C=O) groups excluding carboxylic acids is 1. The van der Waals surface area contributed by atoms with Crippen molar-refractivity contribution in [1.82, 2.24) is 14.7 Å². The van der Waals surface area contributed by atoms with Crippen molar-refractivity contribution in [2.75, 3.05) is 52.4 Å². The molecule has 2 aliphatic rings. The molecule has 0 aromatic heterocycles. The smallest absolute Gasteiger partial charge is 0.236 e. The van der Waals surface area contributed by atoms with Crippen molar-refractivity contribution in [2.45, 2.75) is 52.1 Å². The summed E-state index contributed by atoms with van der Waals surface area (Å²) in [5.74, 6) is 1.00. The van der Waals surface area contributed by atoms with E-state index in [-0.39, 0.29) is 5.91 Å². The Balaban J connectivity index is 1.72. The highest BCUT2D eigenvalue weighted by molar-refractivity contribution is 5.78. The zero-order valence-electron chi connectivity index (χ0n) is 15.3. The highest BCUT2D eigenvalue weighted by atomic mass is 16.3. The van der Waals surface area contributed by atoms with Crippen molar-refractivity contribution < 1.29 is 9.90 Å². The summed E-state index contributed by atoms with van der Waals surface area (Å²) in [5.41, 5.74) is -0.480. The third-order valence-corrected chi connectivity index (χ3v) is 5.66. The van der Waals surface area contributed by atoms with E-state index < -0.39 is 5.60 Å². The van der Waals surface area contributed by atoms with Crippen LogP contribution in [-0.4, -0.2) is 83.7 Å². The number of carbonyl (C=O) groups is 1. The van der Waals surface area contributed by atoms with Gasteiger partial charge in [0.15, 0.2) is 0 Å². The van der Waals surface area contributed by atoms with Gasteiger partial charge < -0.3 is 10.0 Å². The third-order valence-electron chi connectivity index (χ3n) is 5.66. The van der Waals surface area contributed by atoms with Crippen molar-refractivity contribution in [3.63, 3.8) is 0 Å². The molecule has 0 aromatic rings. The molecular weight excluding hydrogens is 290 g/mol. The molecule has 5 nitrogen and oxygen atoms in total. The van der Waals surface area contributed by atoms with E-state index in [1.54, 1.807) is 0 Å². The second-order valence-corrected chi connectivity index (χ2v) is 7.53. The predicted octanol–water partition coefficient (Wildman–Crippen LogP) is 1.41. The van der Waals surface area contributed by atoms with Crippen LogP contribution in [0.1, 0.15) is 46.5 Å². The van der Waals surface area contributed by atoms with E-state index in [9.17, 15) is 9.90 Å². The predicted molar refractivity (Wildman–Crippen MR) is 93.4 cm³/mol. The van der Waals surface area contributed by atoms with Crippen LogP contribution in [0.15, 0.2) is 0 Å². The number of aliphatic hydroxyl groups is 1. The Morgan fingerprint density at radius 2 is 1.61 bits per heavy atom. The number of nitrogens with zero attached hydrogens (tertiary/aromatic N) is 3. The second kappa shape index (κ2) is 8.45. The fourth-order valence-electron chi connectivity index (χ4n) is 3.85. The standard InChI is InChI=1S/C18H35N3O2/c1-4-21(5-2)17(22)14-19-10-12-20(13-11-19)15-18(23)8-6-16(3)7-9-18/h16,23H,4-15H2,1-3H3. The molecule has 0 aromatic carbocycles. The molecule has 1 saturated heterocycles. The van der Waals surface area contributed by atoms with Crippen molar-refractivity contribution >= 4 is 5.91 Å². The van der Waals surface area contributed by atoms with Crippen LogP contribution in [0.2, 0.25) is 0 Å². The van der Waals surface area contributed by atoms with E-state index in [2.05, 4.69) is 16.7 Å². The Morgan fingerprint density at radius 1 is 1.09 bits per heavy atom. The van der Waals surface area contributed by atoms with Crippen LogP contribution >= 0.6 is 0 Å². The SMILES string of the molecule is CCN(CC)C(=O)CN1CCN(CC2(O)CCC(C)CC2)CC1. The highest BCUT2D eigenvalue weighted by Gasteiger charge is 2.34. The summed E-state index contributed by atoms with van der Waals surface area (Å²) in [6.45, 7) is 13.1. The summed E-state index contributed by atoms with van der Waals surface area (Å²) in [5, 5.41) is 10.8. The van der Waals surface area contributed by atoms with Gasteiger partial charge in [0.1, 0.15) is 0 Å². The van der Waals surface area contributed by atoms with Crippen LogP contribution in [0.3, 0.4) is 0 Å². The molecule has 0 radical (unpaired) electrons. The van der Waals surface area contributed by atoms with Gasteiger partial charge in [-0.1, -0.05) is 6.92 Å². The van der Waals surface area contributed by atoms with Gasteiger partial charge >= 0.3 is 0 Å². The fourth-order valence-corrected chi connectivity index (χ4v) is 3.85. The number of piperazine rings is 1. The lowest BCUT2D eigenvalue weighted by Gasteiger charge is -2.42. The number of likely N-dealkylation sites (N-methyl/N-ethyl adjacent to an activating group) is 1. The maximum atomic E-state index is 12.2. The lowest BCUT2D eigenvalue weighted by Crippen LogP contribution is -2.54. The van der Waals surface area contributed by atoms with Gasteiger partial charge in [-0.3, -0.25) is 14.6 Å². The Morgan fingerprint density at radius 3 is 2.13 bits per heavy atom. The zero-order chi connectivity index (χ0) is 16.9. The molecule has 0 unspecified atom stereocenters. The molecule has 134 valence electrons. The number of rotatable bonds is 6. The van der Waals surface area contributed by atoms with Crippen LogP contribution in [0.5, 0.6) is 0 Å². The van der Waals surface area contributed by atoms with E-state index in [1.165, 1.54) is 0 Å². The maximum absolute atomic E-state index is 12.2. The molecule has 1 aliphatic carbocycles. The summed E-state index contributed by atoms with van der Waals surface area (Å²) in [4.78, 5) is 18.7. The Kier molecular flexibility index (Phi) is 6.86. The molecule has 1 aliphatic heterocycles. The largest absolute Gasteiger partial charge is 0.389 e. The maximum Gasteiger partial charge on any atom is 0.236 e. The molecule has 0 bridgehead atoms. The van der Waals surface area contributed by atoms with Crippen molar-refractivity contribution in [3.8, 4) is 0 Å². The lowest BCUT2D eigenvalue weighted by molar-refractivity contribution is -0.132. The average molecular weight is 325 g/mol. The van der Waals surface area contributed by atoms with E-state index >= 15 is 0 Å². The molecular formula is C18H35N3O2. The topological polar surface area (TPSA) is 47.0 Å². The summed E-state index contributed by atoms with van der Waals surface area (Å²) >= 11 is 0. The minimum absolute atomic E-state index is 0.239. The van der Waals surface area contributed by atoms with Crippen molar-refractivity contribution in [3.05, 3.63) is 0 Å². The minimum atomic E-state index is -0.480. The first-order valence-corrected chi connectivity index (χ1v) is 9.40. The van der Waals surface area contributed by atoms with Gasteiger partial charge in [-0.05, 0) is 45.4 Å². The van der Waals surface area contributed by atoms with E-state index in [1.807, 2.05) is 18.7 Å². The molecule has 1 N–H and O–H groups in total. The summed E-state index contributed by atoms with van der Waals surface area (Å²) < 4.78 is 0. The molecule has 1 amide bonds. The fraction of sp³-hybridized carbons (Fsp3) is 0.944. The van der Waals surface area contributed by atoms with Gasteiger partial charge in [-0.25, -0.2) is 0 Å². The average Bonchev–Trinajstić information content (AvgIpc) is 2.54. The van der Waals surface area contributed by atoms with E-state index in [4.69, 9.17) is 0 Å². The molecule has 23 heavy (non-hydrogen) atoms. The second-order valence-electron chi connectivity index (χ2n) is 7.53. The van der Waals surface area contributed by atoms with Gasteiger partial charge in [0.25, 0.3) is 0 Å². The van der Waals surface area contributed by atoms with E-state index in [0.29, 0.717) is 6.54 Å². The molecule has 1 heterocycles. The van der Waals surface area contributed by atoms with Gasteiger partial charge in [0.2, 0.25) is 5.91 Å². The number of β-amino-alcohol motifs (C(OH)–C–C–N with tert-alkyl or cyclic N) is 1. The Hall–Kier alpha value is -0.650. The molecule has 0 atom stereocenters. The Bertz CT molecular complexity index is 368. The van der Waals surface area contributed by atoms with Crippen LogP contribution < -0.4 is 0 Å². The monoisotopic (exact) mass is 325 g/mol. The molecule has 5 heteroatoms. The van der Waals surface area contributed by atoms with Crippen LogP contribution in [0, 0.1) is 5.92 Å². The van der Waals surface area contributed by atoms with Crippen molar-refractivity contribution in [1.29, 1.82) is 0 Å². The molecule has 1 saturated carbocycles. The van der Waals surface area contributed by atoms with Crippen LogP contribution in [0.25, 0.3) is 0 Å². The number of hydrogen-bond acceptors (Lipinski definition) is 4. The first-order chi connectivity index (χ1) is 11.0. The first kappa shape index (κ1) is 18.7. The molecule has 2 fully saturated rings. The minimum Gasteiger partial charge on any atom is -0.389 e. The first-order valence-electron chi connectivity index (χ1n) is 9.40. The van der Waals surface area contributed by atoms with Gasteiger partial charge in [0, 0.05) is 45.8 Å². The Labute approximate surface area is 141 Å². The van der Waals surface area contributed by atoms with Crippen LogP contribution in [-0.2, 0) is 4.79 Å². The molecule has 0 spiro atoms. The third kappa shape index (κ3) is 5.44. The van der Waals surface area contributed by atoms with Gasteiger partial charge in [0.05, 0.1) is 12.1 Å². The van der Waals surface area contributed by atoms with E-state index in [0.717, 1.165) is 77.4 Å². The summed E-state index contributed by atoms with van der Waals surface area (Å²) in [6.07, 6.45) is 4.17.